The van der Waals surface area contributed by atoms with Gasteiger partial charge >= 0.3 is 0 Å². The minimum absolute atomic E-state index is 0.0439. The van der Waals surface area contributed by atoms with E-state index in [-0.39, 0.29) is 11.2 Å². The maximum Gasteiger partial charge on any atom is 0.271 e. The first kappa shape index (κ1) is 17.9. The van der Waals surface area contributed by atoms with Crippen LogP contribution in [0, 0.1) is 22.9 Å². The van der Waals surface area contributed by atoms with Crippen LogP contribution in [0.3, 0.4) is 0 Å². The van der Waals surface area contributed by atoms with Crippen molar-refractivity contribution in [1.82, 2.24) is 14.8 Å². The largest absolute Gasteiger partial charge is 0.271 e. The molecule has 0 fully saturated rings. The topological polar surface area (TPSA) is 73.8 Å². The van der Waals surface area contributed by atoms with E-state index in [1.54, 1.807) is 35.1 Å². The second-order valence-electron chi connectivity index (χ2n) is 7.06. The standard InChI is InChI=1S/C23H15FN4O2/c1-14-8-10-15(11-9-14)21-19-13-25-22-18(6-3-7-20(22)24)23(19)27(26-21)16-4-2-5-17(12-16)28(29)30/h2-13H,1H3. The Morgan fingerprint density at radius 1 is 1.00 bits per heavy atom. The van der Waals surface area contributed by atoms with Crippen molar-refractivity contribution < 1.29 is 9.31 Å². The molecule has 3 aromatic carbocycles. The summed E-state index contributed by atoms with van der Waals surface area (Å²) in [6.45, 7) is 2.00. The molecule has 0 amide bonds. The van der Waals surface area contributed by atoms with E-state index in [1.165, 1.54) is 18.2 Å². The third-order valence-electron chi connectivity index (χ3n) is 5.10. The average molecular weight is 398 g/mol. The molecule has 0 unspecified atom stereocenters. The molecule has 0 saturated carbocycles. The molecule has 0 bridgehead atoms. The minimum atomic E-state index is -0.449. The van der Waals surface area contributed by atoms with Gasteiger partial charge in [0.05, 0.1) is 16.1 Å². The zero-order valence-corrected chi connectivity index (χ0v) is 15.9. The van der Waals surface area contributed by atoms with Crippen LogP contribution in [0.25, 0.3) is 38.8 Å². The number of benzene rings is 3. The van der Waals surface area contributed by atoms with Crippen LogP contribution in [0.5, 0.6) is 0 Å². The Morgan fingerprint density at radius 3 is 2.53 bits per heavy atom. The van der Waals surface area contributed by atoms with Gasteiger partial charge in [0.25, 0.3) is 5.69 Å². The summed E-state index contributed by atoms with van der Waals surface area (Å²) in [6.07, 6.45) is 1.61. The van der Waals surface area contributed by atoms with Crippen LogP contribution in [-0.2, 0) is 0 Å². The molecule has 0 aliphatic heterocycles. The Morgan fingerprint density at radius 2 is 1.77 bits per heavy atom. The number of non-ortho nitro benzene ring substituents is 1. The second-order valence-corrected chi connectivity index (χ2v) is 7.06. The highest BCUT2D eigenvalue weighted by atomic mass is 19.1. The third-order valence-corrected chi connectivity index (χ3v) is 5.10. The number of pyridine rings is 1. The van der Waals surface area contributed by atoms with Gasteiger partial charge in [-0.25, -0.2) is 9.07 Å². The first-order valence-corrected chi connectivity index (χ1v) is 9.31. The van der Waals surface area contributed by atoms with E-state index < -0.39 is 10.7 Å². The second kappa shape index (κ2) is 6.73. The maximum atomic E-state index is 14.4. The minimum Gasteiger partial charge on any atom is -0.258 e. The molecule has 146 valence electrons. The van der Waals surface area contributed by atoms with E-state index in [9.17, 15) is 14.5 Å². The molecule has 2 aromatic heterocycles. The fourth-order valence-electron chi connectivity index (χ4n) is 3.63. The number of aryl methyl sites for hydroxylation is 1. The van der Waals surface area contributed by atoms with E-state index >= 15 is 0 Å². The maximum absolute atomic E-state index is 14.4. The third kappa shape index (κ3) is 2.79. The lowest BCUT2D eigenvalue weighted by atomic mass is 10.1. The molecule has 30 heavy (non-hydrogen) atoms. The molecular weight excluding hydrogens is 383 g/mol. The number of halogens is 1. The molecule has 0 atom stereocenters. The van der Waals surface area contributed by atoms with Crippen molar-refractivity contribution in [2.45, 2.75) is 6.92 Å². The molecule has 0 aliphatic carbocycles. The van der Waals surface area contributed by atoms with Crippen LogP contribution >= 0.6 is 0 Å². The van der Waals surface area contributed by atoms with Crippen LogP contribution in [-0.4, -0.2) is 19.7 Å². The van der Waals surface area contributed by atoms with Crippen LogP contribution in [0.15, 0.2) is 72.9 Å². The molecular formula is C23H15FN4O2. The molecule has 5 rings (SSSR count). The van der Waals surface area contributed by atoms with E-state index in [1.807, 2.05) is 31.2 Å². The van der Waals surface area contributed by atoms with Gasteiger partial charge in [-0.05, 0) is 19.1 Å². The van der Waals surface area contributed by atoms with Crippen LogP contribution in [0.2, 0.25) is 0 Å². The number of aromatic nitrogens is 3. The van der Waals surface area contributed by atoms with Crippen molar-refractivity contribution >= 4 is 27.5 Å². The Hall–Kier alpha value is -4.13. The summed E-state index contributed by atoms with van der Waals surface area (Å²) in [5.41, 5.74) is 4.03. The Labute approximate surface area is 170 Å². The van der Waals surface area contributed by atoms with Gasteiger partial charge in [0.2, 0.25) is 0 Å². The van der Waals surface area contributed by atoms with Crippen molar-refractivity contribution in [3.05, 3.63) is 94.4 Å². The SMILES string of the molecule is Cc1ccc(-c2nn(-c3cccc([N+](=O)[O-])c3)c3c2cnc2c(F)cccc23)cc1. The van der Waals surface area contributed by atoms with E-state index in [0.29, 0.717) is 22.3 Å². The quantitative estimate of drug-likeness (QED) is 0.293. The normalized spacial score (nSPS) is 11.3. The number of rotatable bonds is 3. The van der Waals surface area contributed by atoms with Crippen molar-refractivity contribution in [1.29, 1.82) is 0 Å². The lowest BCUT2D eigenvalue weighted by Gasteiger charge is -2.06. The Bertz CT molecular complexity index is 1440. The summed E-state index contributed by atoms with van der Waals surface area (Å²) in [5.74, 6) is -0.432. The highest BCUT2D eigenvalue weighted by molar-refractivity contribution is 6.08. The van der Waals surface area contributed by atoms with Crippen molar-refractivity contribution in [3.63, 3.8) is 0 Å². The van der Waals surface area contributed by atoms with Crippen molar-refractivity contribution in [3.8, 4) is 16.9 Å². The number of fused-ring (bicyclic) bond motifs is 3. The van der Waals surface area contributed by atoms with E-state index in [0.717, 1.165) is 16.5 Å². The van der Waals surface area contributed by atoms with E-state index in [2.05, 4.69) is 4.98 Å². The monoisotopic (exact) mass is 398 g/mol. The fraction of sp³-hybridized carbons (Fsp3) is 0.0435. The van der Waals surface area contributed by atoms with Gasteiger partial charge in [0.1, 0.15) is 17.0 Å². The van der Waals surface area contributed by atoms with Crippen molar-refractivity contribution in [2.75, 3.05) is 0 Å². The molecule has 2 heterocycles. The van der Waals surface area contributed by atoms with Gasteiger partial charge in [-0.1, -0.05) is 48.0 Å². The predicted molar refractivity (Wildman–Crippen MR) is 113 cm³/mol. The van der Waals surface area contributed by atoms with E-state index in [4.69, 9.17) is 5.10 Å². The number of nitro groups is 1. The molecule has 7 heteroatoms. The summed E-state index contributed by atoms with van der Waals surface area (Å²) in [6, 6.07) is 18.9. The zero-order chi connectivity index (χ0) is 20.8. The van der Waals surface area contributed by atoms with Crippen LogP contribution < -0.4 is 0 Å². The van der Waals surface area contributed by atoms with Gasteiger partial charge < -0.3 is 0 Å². The van der Waals surface area contributed by atoms with Gasteiger partial charge in [-0.15, -0.1) is 0 Å². The first-order valence-electron chi connectivity index (χ1n) is 9.31. The molecule has 0 aliphatic rings. The number of nitrogens with zero attached hydrogens (tertiary/aromatic N) is 4. The van der Waals surface area contributed by atoms with Crippen LogP contribution in [0.1, 0.15) is 5.56 Å². The van der Waals surface area contributed by atoms with Crippen LogP contribution in [0.4, 0.5) is 10.1 Å². The summed E-state index contributed by atoms with van der Waals surface area (Å²) in [5, 5.41) is 17.4. The molecule has 6 nitrogen and oxygen atoms in total. The predicted octanol–water partition coefficient (Wildman–Crippen LogP) is 5.60. The number of hydrogen-bond donors (Lipinski definition) is 0. The number of hydrogen-bond acceptors (Lipinski definition) is 4. The molecule has 5 aromatic rings. The highest BCUT2D eigenvalue weighted by Crippen LogP contribution is 2.34. The summed E-state index contributed by atoms with van der Waals surface area (Å²) in [4.78, 5) is 15.2. The van der Waals surface area contributed by atoms with Gasteiger partial charge in [0.15, 0.2) is 0 Å². The zero-order valence-electron chi connectivity index (χ0n) is 15.9. The summed E-state index contributed by atoms with van der Waals surface area (Å²) < 4.78 is 16.0. The smallest absolute Gasteiger partial charge is 0.258 e. The number of para-hydroxylation sites is 1. The fourth-order valence-corrected chi connectivity index (χ4v) is 3.63. The molecule has 0 N–H and O–H groups in total. The Kier molecular flexibility index (Phi) is 4.03. The molecule has 0 saturated heterocycles. The summed E-state index contributed by atoms with van der Waals surface area (Å²) in [7, 11) is 0. The lowest BCUT2D eigenvalue weighted by molar-refractivity contribution is -0.384. The highest BCUT2D eigenvalue weighted by Gasteiger charge is 2.19. The number of nitro benzene ring substituents is 1. The van der Waals surface area contributed by atoms with Crippen molar-refractivity contribution in [2.24, 2.45) is 0 Å². The lowest BCUT2D eigenvalue weighted by Crippen LogP contribution is -1.99. The first-order chi connectivity index (χ1) is 14.5. The van der Waals surface area contributed by atoms with Gasteiger partial charge in [-0.3, -0.25) is 15.1 Å². The molecule has 0 spiro atoms. The average Bonchev–Trinajstić information content (AvgIpc) is 3.15. The molecule has 0 radical (unpaired) electrons. The summed E-state index contributed by atoms with van der Waals surface area (Å²) >= 11 is 0. The Balaban J connectivity index is 1.89. The van der Waals surface area contributed by atoms with Gasteiger partial charge in [-0.2, -0.15) is 5.10 Å². The van der Waals surface area contributed by atoms with Gasteiger partial charge in [0, 0.05) is 34.7 Å².